The molecule has 1 aliphatic carbocycles. The van der Waals surface area contributed by atoms with Crippen LogP contribution in [0.1, 0.15) is 44.9 Å². The third-order valence-electron chi connectivity index (χ3n) is 5.09. The monoisotopic (exact) mass is 337 g/mol. The van der Waals surface area contributed by atoms with E-state index in [0.717, 1.165) is 57.8 Å². The number of hydrogen-bond acceptors (Lipinski definition) is 3. The van der Waals surface area contributed by atoms with Crippen molar-refractivity contribution in [1.82, 2.24) is 20.4 Å². The summed E-state index contributed by atoms with van der Waals surface area (Å²) in [7, 11) is 5.98. The van der Waals surface area contributed by atoms with E-state index in [4.69, 9.17) is 0 Å². The van der Waals surface area contributed by atoms with Gasteiger partial charge in [0, 0.05) is 38.6 Å². The van der Waals surface area contributed by atoms with Crippen LogP contribution in [0.4, 0.5) is 0 Å². The van der Waals surface area contributed by atoms with Crippen molar-refractivity contribution in [2.45, 2.75) is 51.0 Å². The minimum atomic E-state index is 0.279. The fraction of sp³-hybridized carbons (Fsp3) is 0.889. The Morgan fingerprint density at radius 2 is 1.96 bits per heavy atom. The summed E-state index contributed by atoms with van der Waals surface area (Å²) in [5.41, 5.74) is 0. The molecule has 1 saturated heterocycles. The molecule has 1 amide bonds. The Morgan fingerprint density at radius 1 is 1.21 bits per heavy atom. The van der Waals surface area contributed by atoms with Gasteiger partial charge in [-0.05, 0) is 46.3 Å². The maximum atomic E-state index is 12.6. The quantitative estimate of drug-likeness (QED) is 0.435. The van der Waals surface area contributed by atoms with E-state index in [-0.39, 0.29) is 5.92 Å². The van der Waals surface area contributed by atoms with E-state index in [2.05, 4.69) is 39.5 Å². The van der Waals surface area contributed by atoms with Crippen LogP contribution in [-0.4, -0.2) is 75.0 Å². The number of carbonyl (C=O) groups excluding carboxylic acids is 1. The van der Waals surface area contributed by atoms with Crippen molar-refractivity contribution in [1.29, 1.82) is 0 Å². The highest BCUT2D eigenvalue weighted by molar-refractivity contribution is 5.81. The largest absolute Gasteiger partial charge is 0.356 e. The summed E-state index contributed by atoms with van der Waals surface area (Å²) in [5.74, 6) is 1.51. The van der Waals surface area contributed by atoms with E-state index < -0.39 is 0 Å². The van der Waals surface area contributed by atoms with Gasteiger partial charge in [0.25, 0.3) is 0 Å². The van der Waals surface area contributed by atoms with E-state index in [9.17, 15) is 4.79 Å². The van der Waals surface area contributed by atoms with Crippen molar-refractivity contribution >= 4 is 11.9 Å². The summed E-state index contributed by atoms with van der Waals surface area (Å²) >= 11 is 0. The minimum Gasteiger partial charge on any atom is -0.356 e. The molecule has 1 atom stereocenters. The van der Waals surface area contributed by atoms with Gasteiger partial charge in [0.15, 0.2) is 5.96 Å². The van der Waals surface area contributed by atoms with Gasteiger partial charge in [0.1, 0.15) is 0 Å². The Hall–Kier alpha value is -1.30. The van der Waals surface area contributed by atoms with Crippen LogP contribution in [0.3, 0.4) is 0 Å². The molecule has 0 radical (unpaired) electrons. The first-order chi connectivity index (χ1) is 11.6. The zero-order valence-electron chi connectivity index (χ0n) is 15.7. The summed E-state index contributed by atoms with van der Waals surface area (Å²) in [5, 5.41) is 6.84. The highest BCUT2D eigenvalue weighted by Gasteiger charge is 2.31. The summed E-state index contributed by atoms with van der Waals surface area (Å²) in [6.45, 7) is 3.67. The van der Waals surface area contributed by atoms with E-state index in [1.165, 1.54) is 19.3 Å². The Morgan fingerprint density at radius 3 is 2.62 bits per heavy atom. The standard InChI is InChI=1S/C18H35N5O/c1-19-18(20-11-7-12-22(2)3)21-16-10-13-23(14-16)17(24)15-8-5-4-6-9-15/h15-16H,4-14H2,1-3H3,(H2,19,20,21). The van der Waals surface area contributed by atoms with Gasteiger partial charge in [-0.15, -0.1) is 0 Å². The lowest BCUT2D eigenvalue weighted by Crippen LogP contribution is -2.46. The van der Waals surface area contributed by atoms with Crippen molar-refractivity contribution in [3.63, 3.8) is 0 Å². The number of nitrogens with one attached hydrogen (secondary N) is 2. The second-order valence-electron chi connectivity index (χ2n) is 7.40. The molecular formula is C18H35N5O. The number of nitrogens with zero attached hydrogens (tertiary/aromatic N) is 3. The highest BCUT2D eigenvalue weighted by atomic mass is 16.2. The number of rotatable bonds is 6. The molecule has 0 aromatic carbocycles. The molecule has 2 N–H and O–H groups in total. The van der Waals surface area contributed by atoms with E-state index in [0.29, 0.717) is 11.9 Å². The topological polar surface area (TPSA) is 60.0 Å². The van der Waals surface area contributed by atoms with Gasteiger partial charge in [-0.25, -0.2) is 0 Å². The van der Waals surface area contributed by atoms with Gasteiger partial charge in [0.05, 0.1) is 0 Å². The average molecular weight is 338 g/mol. The molecule has 2 rings (SSSR count). The molecule has 1 saturated carbocycles. The van der Waals surface area contributed by atoms with E-state index in [1.807, 2.05) is 0 Å². The average Bonchev–Trinajstić information content (AvgIpc) is 3.06. The molecule has 24 heavy (non-hydrogen) atoms. The van der Waals surface area contributed by atoms with Gasteiger partial charge < -0.3 is 20.4 Å². The summed E-state index contributed by atoms with van der Waals surface area (Å²) in [6.07, 6.45) is 8.00. The van der Waals surface area contributed by atoms with Crippen LogP contribution in [0.5, 0.6) is 0 Å². The molecule has 0 spiro atoms. The number of amides is 1. The fourth-order valence-corrected chi connectivity index (χ4v) is 3.68. The Bertz CT molecular complexity index is 418. The van der Waals surface area contributed by atoms with Crippen LogP contribution >= 0.6 is 0 Å². The summed E-state index contributed by atoms with van der Waals surface area (Å²) in [4.78, 5) is 21.2. The maximum absolute atomic E-state index is 12.6. The Labute approximate surface area is 147 Å². The molecule has 0 aromatic heterocycles. The third kappa shape index (κ3) is 5.96. The molecule has 2 aliphatic rings. The Kier molecular flexibility index (Phi) is 7.82. The van der Waals surface area contributed by atoms with Gasteiger partial charge in [-0.2, -0.15) is 0 Å². The van der Waals surface area contributed by atoms with E-state index in [1.54, 1.807) is 7.05 Å². The summed E-state index contributed by atoms with van der Waals surface area (Å²) in [6, 6.07) is 0.317. The molecule has 2 fully saturated rings. The predicted octanol–water partition coefficient (Wildman–Crippen LogP) is 1.28. The lowest BCUT2D eigenvalue weighted by molar-refractivity contribution is -0.135. The smallest absolute Gasteiger partial charge is 0.225 e. The fourth-order valence-electron chi connectivity index (χ4n) is 3.68. The van der Waals surface area contributed by atoms with Crippen LogP contribution in [0.2, 0.25) is 0 Å². The lowest BCUT2D eigenvalue weighted by atomic mass is 9.88. The lowest BCUT2D eigenvalue weighted by Gasteiger charge is -2.26. The number of aliphatic imine (C=N–C) groups is 1. The third-order valence-corrected chi connectivity index (χ3v) is 5.09. The molecule has 1 aliphatic heterocycles. The van der Waals surface area contributed by atoms with Crippen molar-refractivity contribution in [3.8, 4) is 0 Å². The van der Waals surface area contributed by atoms with Crippen molar-refractivity contribution in [3.05, 3.63) is 0 Å². The number of guanidine groups is 1. The minimum absolute atomic E-state index is 0.279. The van der Waals surface area contributed by atoms with Crippen molar-refractivity contribution in [2.24, 2.45) is 10.9 Å². The van der Waals surface area contributed by atoms with E-state index >= 15 is 0 Å². The first-order valence-electron chi connectivity index (χ1n) is 9.51. The van der Waals surface area contributed by atoms with Crippen molar-refractivity contribution < 1.29 is 4.79 Å². The van der Waals surface area contributed by atoms with Crippen LogP contribution in [0, 0.1) is 5.92 Å². The van der Waals surface area contributed by atoms with Gasteiger partial charge >= 0.3 is 0 Å². The molecule has 6 heteroatoms. The molecule has 1 heterocycles. The van der Waals surface area contributed by atoms with Crippen LogP contribution < -0.4 is 10.6 Å². The predicted molar refractivity (Wildman–Crippen MR) is 99.2 cm³/mol. The highest BCUT2D eigenvalue weighted by Crippen LogP contribution is 2.26. The molecule has 138 valence electrons. The van der Waals surface area contributed by atoms with Crippen LogP contribution in [-0.2, 0) is 4.79 Å². The number of hydrogen-bond donors (Lipinski definition) is 2. The van der Waals surface area contributed by atoms with Gasteiger partial charge in [-0.1, -0.05) is 19.3 Å². The van der Waals surface area contributed by atoms with Gasteiger partial charge in [0.2, 0.25) is 5.91 Å². The molecule has 0 bridgehead atoms. The zero-order valence-corrected chi connectivity index (χ0v) is 15.7. The SMILES string of the molecule is CN=C(NCCCN(C)C)NC1CCN(C(=O)C2CCCCC2)C1. The van der Waals surface area contributed by atoms with Crippen LogP contribution in [0.15, 0.2) is 4.99 Å². The Balaban J connectivity index is 1.70. The number of likely N-dealkylation sites (tertiary alicyclic amines) is 1. The molecule has 6 nitrogen and oxygen atoms in total. The maximum Gasteiger partial charge on any atom is 0.225 e. The van der Waals surface area contributed by atoms with Gasteiger partial charge in [-0.3, -0.25) is 9.79 Å². The molecule has 1 unspecified atom stereocenters. The second-order valence-corrected chi connectivity index (χ2v) is 7.40. The zero-order chi connectivity index (χ0) is 17.4. The number of carbonyl (C=O) groups is 1. The molecule has 0 aromatic rings. The van der Waals surface area contributed by atoms with Crippen molar-refractivity contribution in [2.75, 3.05) is 47.3 Å². The second kappa shape index (κ2) is 9.87. The first-order valence-corrected chi connectivity index (χ1v) is 9.51. The summed E-state index contributed by atoms with van der Waals surface area (Å²) < 4.78 is 0. The first kappa shape index (κ1) is 19.0. The normalized spacial score (nSPS) is 22.9. The molecular weight excluding hydrogens is 302 g/mol. The van der Waals surface area contributed by atoms with Crippen LogP contribution in [0.25, 0.3) is 0 Å².